The molecule has 1 heterocycles. The monoisotopic (exact) mass is 347 g/mol. The third-order valence-corrected chi connectivity index (χ3v) is 4.04. The fraction of sp³-hybridized carbons (Fsp3) is 0.167. The highest BCUT2D eigenvalue weighted by Gasteiger charge is 2.14. The molecule has 0 aliphatic rings. The summed E-state index contributed by atoms with van der Waals surface area (Å²) >= 11 is 12.4. The van der Waals surface area contributed by atoms with Crippen LogP contribution in [0, 0.1) is 0 Å². The molecule has 0 aliphatic carbocycles. The Morgan fingerprint density at radius 1 is 1.09 bits per heavy atom. The first-order valence-corrected chi connectivity index (χ1v) is 7.87. The maximum Gasteiger partial charge on any atom is 0.193 e. The zero-order chi connectivity index (χ0) is 16.6. The molecule has 0 saturated heterocycles. The van der Waals surface area contributed by atoms with E-state index in [1.165, 1.54) is 6.07 Å². The second-order valence-electron chi connectivity index (χ2n) is 5.63. The third kappa shape index (κ3) is 3.27. The maximum absolute atomic E-state index is 12.5. The van der Waals surface area contributed by atoms with Crippen LogP contribution in [0.2, 0.25) is 10.0 Å². The Hall–Kier alpha value is -1.81. The summed E-state index contributed by atoms with van der Waals surface area (Å²) in [6.45, 7) is 0.617. The highest BCUT2D eigenvalue weighted by Crippen LogP contribution is 2.31. The second kappa shape index (κ2) is 6.36. The Kier molecular flexibility index (Phi) is 4.44. The van der Waals surface area contributed by atoms with Crippen molar-refractivity contribution in [1.82, 2.24) is 4.90 Å². The van der Waals surface area contributed by atoms with E-state index < -0.39 is 0 Å². The van der Waals surface area contributed by atoms with E-state index in [2.05, 4.69) is 0 Å². The third-order valence-electron chi connectivity index (χ3n) is 3.50. The molecule has 3 nitrogen and oxygen atoms in total. The van der Waals surface area contributed by atoms with Gasteiger partial charge in [0, 0.05) is 28.8 Å². The molecule has 0 N–H and O–H groups in total. The molecule has 0 radical (unpaired) electrons. The van der Waals surface area contributed by atoms with Crippen LogP contribution < -0.4 is 5.43 Å². The highest BCUT2D eigenvalue weighted by molar-refractivity contribution is 6.33. The van der Waals surface area contributed by atoms with Gasteiger partial charge in [0.2, 0.25) is 0 Å². The Balaban J connectivity index is 2.30. The van der Waals surface area contributed by atoms with Gasteiger partial charge in [0.05, 0.1) is 10.4 Å². The summed E-state index contributed by atoms with van der Waals surface area (Å²) in [6.07, 6.45) is 0. The molecule has 23 heavy (non-hydrogen) atoms. The summed E-state index contributed by atoms with van der Waals surface area (Å²) in [5.41, 5.74) is 1.97. The molecule has 0 atom stereocenters. The van der Waals surface area contributed by atoms with Gasteiger partial charge >= 0.3 is 0 Å². The topological polar surface area (TPSA) is 33.5 Å². The van der Waals surface area contributed by atoms with Gasteiger partial charge in [-0.05, 0) is 38.4 Å². The normalized spacial score (nSPS) is 11.3. The van der Waals surface area contributed by atoms with Crippen LogP contribution >= 0.6 is 23.2 Å². The van der Waals surface area contributed by atoms with Crippen LogP contribution in [0.25, 0.3) is 22.3 Å². The van der Waals surface area contributed by atoms with Crippen LogP contribution in [-0.4, -0.2) is 19.0 Å². The first-order valence-electron chi connectivity index (χ1n) is 7.11. The van der Waals surface area contributed by atoms with Crippen molar-refractivity contribution in [3.63, 3.8) is 0 Å². The fourth-order valence-electron chi connectivity index (χ4n) is 2.54. The lowest BCUT2D eigenvalue weighted by Gasteiger charge is -2.13. The zero-order valence-electron chi connectivity index (χ0n) is 12.8. The molecule has 0 bridgehead atoms. The van der Waals surface area contributed by atoms with E-state index in [1.54, 1.807) is 12.1 Å². The van der Waals surface area contributed by atoms with Crippen molar-refractivity contribution in [3.8, 4) is 11.3 Å². The number of halogens is 2. The molecule has 3 aromatic rings. The number of rotatable bonds is 3. The summed E-state index contributed by atoms with van der Waals surface area (Å²) in [4.78, 5) is 14.5. The lowest BCUT2D eigenvalue weighted by atomic mass is 10.1. The van der Waals surface area contributed by atoms with Gasteiger partial charge in [-0.3, -0.25) is 4.79 Å². The van der Waals surface area contributed by atoms with Crippen molar-refractivity contribution in [2.24, 2.45) is 0 Å². The van der Waals surface area contributed by atoms with E-state index in [0.29, 0.717) is 38.9 Å². The lowest BCUT2D eigenvalue weighted by molar-refractivity contribution is 0.401. The SMILES string of the molecule is CN(C)Cc1cc(Cl)cc2c(=O)cc(-c3ccccc3Cl)oc12. The van der Waals surface area contributed by atoms with E-state index in [4.69, 9.17) is 27.6 Å². The van der Waals surface area contributed by atoms with Gasteiger partial charge < -0.3 is 9.32 Å². The van der Waals surface area contributed by atoms with E-state index in [9.17, 15) is 4.79 Å². The van der Waals surface area contributed by atoms with Crippen molar-refractivity contribution in [3.05, 3.63) is 68.3 Å². The molecule has 0 unspecified atom stereocenters. The molecule has 0 fully saturated rings. The van der Waals surface area contributed by atoms with Crippen LogP contribution in [0.15, 0.2) is 51.7 Å². The lowest BCUT2D eigenvalue weighted by Crippen LogP contribution is -2.12. The molecule has 1 aromatic heterocycles. The minimum atomic E-state index is -0.135. The van der Waals surface area contributed by atoms with Gasteiger partial charge in [-0.2, -0.15) is 0 Å². The molecular weight excluding hydrogens is 333 g/mol. The van der Waals surface area contributed by atoms with Crippen molar-refractivity contribution in [2.45, 2.75) is 6.54 Å². The van der Waals surface area contributed by atoms with Gasteiger partial charge in [-0.1, -0.05) is 35.3 Å². The highest BCUT2D eigenvalue weighted by atomic mass is 35.5. The molecule has 5 heteroatoms. The summed E-state index contributed by atoms with van der Waals surface area (Å²) in [7, 11) is 3.89. The molecule has 0 aliphatic heterocycles. The smallest absolute Gasteiger partial charge is 0.193 e. The minimum Gasteiger partial charge on any atom is -0.455 e. The molecule has 2 aromatic carbocycles. The van der Waals surface area contributed by atoms with Crippen molar-refractivity contribution < 1.29 is 4.42 Å². The first-order chi connectivity index (χ1) is 11.0. The van der Waals surface area contributed by atoms with Crippen molar-refractivity contribution in [1.29, 1.82) is 0 Å². The minimum absolute atomic E-state index is 0.135. The standard InChI is InChI=1S/C18H15Cl2NO2/c1-21(2)10-11-7-12(19)8-14-16(22)9-17(23-18(11)14)13-5-3-4-6-15(13)20/h3-9H,10H2,1-2H3. The fourth-order valence-corrected chi connectivity index (χ4v) is 3.01. The molecular formula is C18H15Cl2NO2. The summed E-state index contributed by atoms with van der Waals surface area (Å²) in [6, 6.07) is 12.2. The quantitative estimate of drug-likeness (QED) is 0.680. The predicted octanol–water partition coefficient (Wildman–Crippen LogP) is 4.83. The van der Waals surface area contributed by atoms with Crippen LogP contribution in [0.1, 0.15) is 5.56 Å². The summed E-state index contributed by atoms with van der Waals surface area (Å²) < 4.78 is 6.03. The first kappa shape index (κ1) is 16.1. The van der Waals surface area contributed by atoms with Crippen LogP contribution in [0.4, 0.5) is 0 Å². The Bertz CT molecular complexity index is 932. The van der Waals surface area contributed by atoms with Gasteiger partial charge in [0.15, 0.2) is 5.43 Å². The van der Waals surface area contributed by atoms with Gasteiger partial charge in [0.1, 0.15) is 11.3 Å². The van der Waals surface area contributed by atoms with E-state index in [-0.39, 0.29) is 5.43 Å². The molecule has 0 spiro atoms. The Morgan fingerprint density at radius 2 is 1.83 bits per heavy atom. The van der Waals surface area contributed by atoms with Crippen LogP contribution in [0.5, 0.6) is 0 Å². The average Bonchev–Trinajstić information content (AvgIpc) is 2.48. The number of benzene rings is 2. The maximum atomic E-state index is 12.5. The molecule has 3 rings (SSSR count). The van der Waals surface area contributed by atoms with Crippen molar-refractivity contribution in [2.75, 3.05) is 14.1 Å². The number of hydrogen-bond donors (Lipinski definition) is 0. The second-order valence-corrected chi connectivity index (χ2v) is 6.48. The zero-order valence-corrected chi connectivity index (χ0v) is 14.3. The summed E-state index contributed by atoms with van der Waals surface area (Å²) in [5.74, 6) is 0.454. The summed E-state index contributed by atoms with van der Waals surface area (Å²) in [5, 5.41) is 1.54. The van der Waals surface area contributed by atoms with Gasteiger partial charge in [-0.25, -0.2) is 0 Å². The number of nitrogens with zero attached hydrogens (tertiary/aromatic N) is 1. The number of hydrogen-bond acceptors (Lipinski definition) is 3. The Morgan fingerprint density at radius 3 is 2.52 bits per heavy atom. The van der Waals surface area contributed by atoms with Gasteiger partial charge in [0.25, 0.3) is 0 Å². The molecule has 0 amide bonds. The largest absolute Gasteiger partial charge is 0.455 e. The Labute approximate surface area is 144 Å². The average molecular weight is 348 g/mol. The van der Waals surface area contributed by atoms with E-state index >= 15 is 0 Å². The molecule has 0 saturated carbocycles. The van der Waals surface area contributed by atoms with E-state index in [0.717, 1.165) is 5.56 Å². The van der Waals surface area contributed by atoms with Gasteiger partial charge in [-0.15, -0.1) is 0 Å². The van der Waals surface area contributed by atoms with E-state index in [1.807, 2.05) is 43.3 Å². The predicted molar refractivity (Wildman–Crippen MR) is 95.3 cm³/mol. The van der Waals surface area contributed by atoms with Crippen molar-refractivity contribution >= 4 is 34.2 Å². The molecule has 118 valence electrons. The van der Waals surface area contributed by atoms with Crippen LogP contribution in [-0.2, 0) is 6.54 Å². The number of fused-ring (bicyclic) bond motifs is 1. The van der Waals surface area contributed by atoms with Crippen LogP contribution in [0.3, 0.4) is 0 Å².